The molecule has 0 bridgehead atoms. The predicted molar refractivity (Wildman–Crippen MR) is 60.4 cm³/mol. The first-order chi connectivity index (χ1) is 8.37. The second kappa shape index (κ2) is 4.41. The van der Waals surface area contributed by atoms with Crippen LogP contribution in [0, 0.1) is 11.6 Å². The Morgan fingerprint density at radius 3 is 2.39 bits per heavy atom. The number of aryl methyl sites for hydroxylation is 1. The molecule has 0 saturated carbocycles. The normalized spacial score (nSPS) is 14.5. The van der Waals surface area contributed by atoms with Crippen molar-refractivity contribution in [3.05, 3.63) is 41.2 Å². The molecule has 0 fully saturated rings. The van der Waals surface area contributed by atoms with E-state index in [2.05, 4.69) is 15.4 Å². The highest BCUT2D eigenvalue weighted by molar-refractivity contribution is 5.26. The molecule has 7 heteroatoms. The van der Waals surface area contributed by atoms with Crippen LogP contribution in [0.3, 0.4) is 0 Å². The molecule has 2 N–H and O–H groups in total. The van der Waals surface area contributed by atoms with Gasteiger partial charge in [0.1, 0.15) is 11.6 Å². The van der Waals surface area contributed by atoms with E-state index < -0.39 is 17.2 Å². The molecule has 1 heterocycles. The second-order valence-electron chi connectivity index (χ2n) is 4.45. The molecule has 1 aromatic heterocycles. The number of aromatic nitrogens is 4. The van der Waals surface area contributed by atoms with E-state index in [1.165, 1.54) is 16.9 Å². The van der Waals surface area contributed by atoms with Crippen LogP contribution in [-0.4, -0.2) is 20.2 Å². The molecule has 2 aromatic rings. The monoisotopic (exact) mass is 253 g/mol. The van der Waals surface area contributed by atoms with Gasteiger partial charge >= 0.3 is 0 Å². The van der Waals surface area contributed by atoms with Gasteiger partial charge in [-0.2, -0.15) is 4.80 Å². The summed E-state index contributed by atoms with van der Waals surface area (Å²) in [5.74, 6) is -0.894. The Morgan fingerprint density at radius 2 is 1.89 bits per heavy atom. The summed E-state index contributed by atoms with van der Waals surface area (Å²) in [5.41, 5.74) is 5.45. The van der Waals surface area contributed by atoms with Crippen LogP contribution >= 0.6 is 0 Å². The minimum Gasteiger partial charge on any atom is -0.321 e. The summed E-state index contributed by atoms with van der Waals surface area (Å²) in [5, 5.41) is 11.5. The molecule has 0 saturated heterocycles. The third-order valence-electron chi connectivity index (χ3n) is 2.60. The predicted octanol–water partition coefficient (Wildman–Crippen LogP) is 0.905. The van der Waals surface area contributed by atoms with Crippen molar-refractivity contribution in [2.45, 2.75) is 18.9 Å². The fourth-order valence-electron chi connectivity index (χ4n) is 1.71. The van der Waals surface area contributed by atoms with E-state index in [0.29, 0.717) is 11.4 Å². The first kappa shape index (κ1) is 12.6. The van der Waals surface area contributed by atoms with Gasteiger partial charge in [-0.05, 0) is 29.8 Å². The summed E-state index contributed by atoms with van der Waals surface area (Å²) in [6, 6.07) is 3.22. The number of tetrazole rings is 1. The highest BCUT2D eigenvalue weighted by atomic mass is 19.1. The van der Waals surface area contributed by atoms with E-state index in [0.717, 1.165) is 6.07 Å². The van der Waals surface area contributed by atoms with Gasteiger partial charge in [0.15, 0.2) is 5.82 Å². The number of nitrogens with two attached hydrogens (primary N) is 1. The van der Waals surface area contributed by atoms with Gasteiger partial charge in [-0.3, -0.25) is 0 Å². The van der Waals surface area contributed by atoms with E-state index >= 15 is 0 Å². The summed E-state index contributed by atoms with van der Waals surface area (Å²) in [4.78, 5) is 1.30. The van der Waals surface area contributed by atoms with Crippen molar-refractivity contribution in [3.8, 4) is 0 Å². The van der Waals surface area contributed by atoms with E-state index in [9.17, 15) is 8.78 Å². The van der Waals surface area contributed by atoms with Gasteiger partial charge in [0.2, 0.25) is 0 Å². The maximum Gasteiger partial charge on any atom is 0.176 e. The molecule has 1 aromatic carbocycles. The summed E-state index contributed by atoms with van der Waals surface area (Å²) in [6.07, 6.45) is 0.240. The van der Waals surface area contributed by atoms with Crippen LogP contribution in [0.5, 0.6) is 0 Å². The smallest absolute Gasteiger partial charge is 0.176 e. The quantitative estimate of drug-likeness (QED) is 0.882. The molecule has 5 nitrogen and oxygen atoms in total. The molecule has 0 aliphatic rings. The largest absolute Gasteiger partial charge is 0.321 e. The van der Waals surface area contributed by atoms with Crippen molar-refractivity contribution in [2.24, 2.45) is 12.8 Å². The van der Waals surface area contributed by atoms with Crippen LogP contribution in [0.15, 0.2) is 18.2 Å². The SMILES string of the molecule is Cn1nnc(CC(C)(N)c2cc(F)cc(F)c2)n1. The number of halogens is 2. The topological polar surface area (TPSA) is 69.6 Å². The van der Waals surface area contributed by atoms with Crippen LogP contribution in [0.2, 0.25) is 0 Å². The molecule has 0 radical (unpaired) electrons. The molecular weight excluding hydrogens is 240 g/mol. The Bertz CT molecular complexity index is 544. The Hall–Kier alpha value is -1.89. The lowest BCUT2D eigenvalue weighted by Gasteiger charge is -2.23. The van der Waals surface area contributed by atoms with Crippen molar-refractivity contribution >= 4 is 0 Å². The standard InChI is InChI=1S/C11H13F2N5/c1-11(14,6-10-15-17-18(2)16-10)7-3-8(12)5-9(13)4-7/h3-5H,6,14H2,1-2H3. The van der Waals surface area contributed by atoms with Gasteiger partial charge in [0, 0.05) is 18.0 Å². The van der Waals surface area contributed by atoms with Crippen LogP contribution in [-0.2, 0) is 19.0 Å². The highest BCUT2D eigenvalue weighted by Crippen LogP contribution is 2.23. The minimum atomic E-state index is -0.966. The van der Waals surface area contributed by atoms with Gasteiger partial charge in [-0.15, -0.1) is 10.2 Å². The Labute approximate surface area is 103 Å². The summed E-state index contributed by atoms with van der Waals surface area (Å²) < 4.78 is 26.3. The zero-order valence-electron chi connectivity index (χ0n) is 10.1. The lowest BCUT2D eigenvalue weighted by Crippen LogP contribution is -2.36. The number of hydrogen-bond acceptors (Lipinski definition) is 4. The number of rotatable bonds is 3. The molecule has 0 aliphatic carbocycles. The summed E-state index contributed by atoms with van der Waals surface area (Å²) in [6.45, 7) is 1.66. The number of benzene rings is 1. The van der Waals surface area contributed by atoms with Gasteiger partial charge in [-0.25, -0.2) is 8.78 Å². The van der Waals surface area contributed by atoms with E-state index in [-0.39, 0.29) is 6.42 Å². The molecule has 1 unspecified atom stereocenters. The molecule has 0 amide bonds. The average molecular weight is 253 g/mol. The molecule has 0 spiro atoms. The zero-order chi connectivity index (χ0) is 13.3. The third kappa shape index (κ3) is 2.67. The Morgan fingerprint density at radius 1 is 1.28 bits per heavy atom. The van der Waals surface area contributed by atoms with E-state index in [1.807, 2.05) is 0 Å². The molecule has 0 aliphatic heterocycles. The van der Waals surface area contributed by atoms with Gasteiger partial charge in [0.05, 0.1) is 7.05 Å². The van der Waals surface area contributed by atoms with Crippen LogP contribution < -0.4 is 5.73 Å². The first-order valence-electron chi connectivity index (χ1n) is 5.35. The van der Waals surface area contributed by atoms with Crippen molar-refractivity contribution in [3.63, 3.8) is 0 Å². The average Bonchev–Trinajstić information content (AvgIpc) is 2.61. The maximum atomic E-state index is 13.2. The molecule has 96 valence electrons. The van der Waals surface area contributed by atoms with Crippen molar-refractivity contribution < 1.29 is 8.78 Å². The molecule has 2 rings (SSSR count). The minimum absolute atomic E-state index is 0.240. The molecule has 18 heavy (non-hydrogen) atoms. The van der Waals surface area contributed by atoms with Crippen LogP contribution in [0.4, 0.5) is 8.78 Å². The highest BCUT2D eigenvalue weighted by Gasteiger charge is 2.25. The van der Waals surface area contributed by atoms with Crippen LogP contribution in [0.1, 0.15) is 18.3 Å². The van der Waals surface area contributed by atoms with E-state index in [1.54, 1.807) is 14.0 Å². The zero-order valence-corrected chi connectivity index (χ0v) is 10.1. The number of nitrogens with zero attached hydrogens (tertiary/aromatic N) is 4. The van der Waals surface area contributed by atoms with Crippen molar-refractivity contribution in [1.29, 1.82) is 0 Å². The lowest BCUT2D eigenvalue weighted by molar-refractivity contribution is 0.466. The third-order valence-corrected chi connectivity index (χ3v) is 2.60. The van der Waals surface area contributed by atoms with Crippen molar-refractivity contribution in [1.82, 2.24) is 20.2 Å². The fourth-order valence-corrected chi connectivity index (χ4v) is 1.71. The lowest BCUT2D eigenvalue weighted by atomic mass is 9.89. The molecular formula is C11H13F2N5. The maximum absolute atomic E-state index is 13.2. The summed E-state index contributed by atoms with van der Waals surface area (Å²) >= 11 is 0. The number of hydrogen-bond donors (Lipinski definition) is 1. The van der Waals surface area contributed by atoms with E-state index in [4.69, 9.17) is 5.73 Å². The molecule has 1 atom stereocenters. The van der Waals surface area contributed by atoms with Gasteiger partial charge < -0.3 is 5.73 Å². The Kier molecular flexibility index (Phi) is 3.08. The van der Waals surface area contributed by atoms with Gasteiger partial charge in [-0.1, -0.05) is 0 Å². The Balaban J connectivity index is 2.29. The summed E-state index contributed by atoms with van der Waals surface area (Å²) in [7, 11) is 1.63. The fraction of sp³-hybridized carbons (Fsp3) is 0.364. The van der Waals surface area contributed by atoms with Gasteiger partial charge in [0.25, 0.3) is 0 Å². The first-order valence-corrected chi connectivity index (χ1v) is 5.35. The van der Waals surface area contributed by atoms with Crippen LogP contribution in [0.25, 0.3) is 0 Å². The van der Waals surface area contributed by atoms with Crippen molar-refractivity contribution in [2.75, 3.05) is 0 Å². The second-order valence-corrected chi connectivity index (χ2v) is 4.45.